The van der Waals surface area contributed by atoms with Gasteiger partial charge in [-0.3, -0.25) is 13.6 Å². The molecule has 0 aliphatic heterocycles. The van der Waals surface area contributed by atoms with Gasteiger partial charge in [0.25, 0.3) is 0 Å². The number of hydrogen-bond acceptors (Lipinski definition) is 4. The van der Waals surface area contributed by atoms with Crippen molar-refractivity contribution >= 4 is 7.82 Å². The van der Waals surface area contributed by atoms with E-state index < -0.39 is 58.0 Å². The first-order valence-corrected chi connectivity index (χ1v) is 7.07. The number of alkyl halides is 13. The molecule has 158 valence electrons. The molecule has 0 aromatic rings. The summed E-state index contributed by atoms with van der Waals surface area (Å²) in [5.41, 5.74) is 0. The van der Waals surface area contributed by atoms with E-state index in [2.05, 4.69) is 13.6 Å². The van der Waals surface area contributed by atoms with E-state index in [-0.39, 0.29) is 0 Å². The van der Waals surface area contributed by atoms with Crippen LogP contribution in [0.15, 0.2) is 0 Å². The number of phosphoric ester groups is 1. The average Bonchev–Trinajstić information content (AvgIpc) is 2.38. The van der Waals surface area contributed by atoms with Crippen LogP contribution in [-0.2, 0) is 18.1 Å². The lowest BCUT2D eigenvalue weighted by atomic mass is 10.3. The second kappa shape index (κ2) is 7.67. The van der Waals surface area contributed by atoms with Crippen molar-refractivity contribution in [1.29, 1.82) is 0 Å². The van der Waals surface area contributed by atoms with Gasteiger partial charge in [-0.1, -0.05) is 0 Å². The third kappa shape index (κ3) is 7.84. The summed E-state index contributed by atoms with van der Waals surface area (Å²) in [6, 6.07) is 0. The molecule has 0 rings (SSSR count). The van der Waals surface area contributed by atoms with E-state index in [1.807, 2.05) is 0 Å². The molecule has 0 bridgehead atoms. The maximum Gasteiger partial charge on any atom is 0.475 e. The second-order valence-corrected chi connectivity index (χ2v) is 5.96. The van der Waals surface area contributed by atoms with E-state index in [1.54, 1.807) is 0 Å². The molecule has 0 aliphatic carbocycles. The highest BCUT2D eigenvalue weighted by Crippen LogP contribution is 2.54. The van der Waals surface area contributed by atoms with Crippen molar-refractivity contribution in [2.45, 2.75) is 30.4 Å². The van der Waals surface area contributed by atoms with E-state index in [0.717, 1.165) is 0 Å². The first-order chi connectivity index (χ1) is 11.1. The van der Waals surface area contributed by atoms with Gasteiger partial charge in [0, 0.05) is 0 Å². The predicted molar refractivity (Wildman–Crippen MR) is 53.5 cm³/mol. The average molecular weight is 444 g/mol. The number of hydrogen-bond donors (Lipinski definition) is 0. The molecule has 0 aromatic heterocycles. The lowest BCUT2D eigenvalue weighted by Gasteiger charge is -2.25. The van der Waals surface area contributed by atoms with Crippen molar-refractivity contribution in [3.63, 3.8) is 0 Å². The Labute approximate surface area is 134 Å². The number of rotatable bonds is 8. The maximum atomic E-state index is 12.6. The van der Waals surface area contributed by atoms with Crippen LogP contribution in [0.5, 0.6) is 0 Å². The highest BCUT2D eigenvalue weighted by molar-refractivity contribution is 7.48. The summed E-state index contributed by atoms with van der Waals surface area (Å²) in [7, 11) is -6.33. The Kier molecular flexibility index (Phi) is 7.44. The van der Waals surface area contributed by atoms with Crippen LogP contribution in [-0.4, -0.2) is 50.2 Å². The molecule has 0 unspecified atom stereocenters. The molecule has 0 aromatic carbocycles. The molecule has 0 saturated carbocycles. The predicted octanol–water partition coefficient (Wildman–Crippen LogP) is 5.10. The molecule has 0 radical (unpaired) electrons. The van der Waals surface area contributed by atoms with Gasteiger partial charge in [-0.15, -0.1) is 0 Å². The van der Waals surface area contributed by atoms with Crippen LogP contribution in [0.2, 0.25) is 0 Å². The Balaban J connectivity index is 5.29. The normalized spacial score (nSPS) is 15.4. The van der Waals surface area contributed by atoms with Gasteiger partial charge in [-0.25, -0.2) is 4.57 Å². The Hall–Kier alpha value is -0.800. The molecule has 0 N–H and O–H groups in total. The first-order valence-electron chi connectivity index (χ1n) is 5.61. The minimum absolute atomic E-state index is 2.74. The zero-order chi connectivity index (χ0) is 21.2. The maximum absolute atomic E-state index is 12.6. The number of halogens is 13. The zero-order valence-electron chi connectivity index (χ0n) is 11.6. The minimum atomic E-state index is -6.38. The molecule has 0 saturated heterocycles. The van der Waals surface area contributed by atoms with Crippen LogP contribution < -0.4 is 0 Å². The van der Waals surface area contributed by atoms with E-state index in [0.29, 0.717) is 0 Å². The molecule has 0 atom stereocenters. The van der Waals surface area contributed by atoms with Crippen molar-refractivity contribution in [1.82, 2.24) is 0 Å². The topological polar surface area (TPSA) is 44.8 Å². The van der Waals surface area contributed by atoms with Crippen molar-refractivity contribution in [3.8, 4) is 0 Å². The van der Waals surface area contributed by atoms with Crippen molar-refractivity contribution in [2.24, 2.45) is 0 Å². The minimum Gasteiger partial charge on any atom is -0.280 e. The fourth-order valence-corrected chi connectivity index (χ4v) is 1.92. The lowest BCUT2D eigenvalue weighted by Crippen LogP contribution is -2.42. The smallest absolute Gasteiger partial charge is 0.280 e. The highest BCUT2D eigenvalue weighted by atomic mass is 31.2. The van der Waals surface area contributed by atoms with Crippen LogP contribution in [0, 0.1) is 0 Å². The summed E-state index contributed by atoms with van der Waals surface area (Å²) in [4.78, 5) is 0. The van der Waals surface area contributed by atoms with Crippen molar-refractivity contribution < 1.29 is 75.2 Å². The van der Waals surface area contributed by atoms with Gasteiger partial charge in [-0.2, -0.15) is 57.1 Å². The summed E-state index contributed by atoms with van der Waals surface area (Å²) in [5.74, 6) is -11.7. The van der Waals surface area contributed by atoms with Gasteiger partial charge in [0.2, 0.25) is 0 Å². The molecule has 0 aliphatic rings. The first kappa shape index (κ1) is 25.2. The lowest BCUT2D eigenvalue weighted by molar-refractivity contribution is -0.295. The molecule has 4 nitrogen and oxygen atoms in total. The summed E-state index contributed by atoms with van der Waals surface area (Å²) in [5, 5.41) is 0. The van der Waals surface area contributed by atoms with Crippen molar-refractivity contribution in [2.75, 3.05) is 19.8 Å². The summed E-state index contributed by atoms with van der Waals surface area (Å²) < 4.78 is 178. The van der Waals surface area contributed by atoms with Crippen LogP contribution >= 0.6 is 7.82 Å². The van der Waals surface area contributed by atoms with Crippen LogP contribution in [0.4, 0.5) is 57.1 Å². The van der Waals surface area contributed by atoms with Gasteiger partial charge in [0.05, 0.1) is 0 Å². The highest BCUT2D eigenvalue weighted by Gasteiger charge is 2.61. The standard InChI is InChI=1S/C8H6F13O4P/c9-4(10,7(16,17)18)1-23-26(22,25-3-6(13,14)15)24-2-5(11,12)8(19,20)21/h1-3H2. The van der Waals surface area contributed by atoms with Gasteiger partial charge in [-0.05, 0) is 0 Å². The van der Waals surface area contributed by atoms with E-state index in [9.17, 15) is 61.6 Å². The monoisotopic (exact) mass is 444 g/mol. The summed E-state index contributed by atoms with van der Waals surface area (Å²) >= 11 is 0. The molecule has 0 heterocycles. The molecule has 26 heavy (non-hydrogen) atoms. The fraction of sp³-hybridized carbons (Fsp3) is 1.00. The van der Waals surface area contributed by atoms with Crippen LogP contribution in [0.1, 0.15) is 0 Å². The summed E-state index contributed by atoms with van der Waals surface area (Å²) in [6.07, 6.45) is -18.2. The Bertz CT molecular complexity index is 474. The van der Waals surface area contributed by atoms with E-state index in [4.69, 9.17) is 0 Å². The van der Waals surface area contributed by atoms with Crippen LogP contribution in [0.3, 0.4) is 0 Å². The second-order valence-electron chi connectivity index (χ2n) is 4.29. The van der Waals surface area contributed by atoms with Crippen molar-refractivity contribution in [3.05, 3.63) is 0 Å². The van der Waals surface area contributed by atoms with E-state index in [1.165, 1.54) is 0 Å². The Morgan fingerprint density at radius 2 is 0.808 bits per heavy atom. The molecular formula is C8H6F13O4P. The SMILES string of the molecule is O=P(OCC(F)(F)F)(OCC(F)(F)C(F)(F)F)OCC(F)(F)C(F)(F)F. The van der Waals surface area contributed by atoms with Crippen LogP contribution in [0.25, 0.3) is 0 Å². The third-order valence-electron chi connectivity index (χ3n) is 2.02. The zero-order valence-corrected chi connectivity index (χ0v) is 12.5. The largest absolute Gasteiger partial charge is 0.475 e. The van der Waals surface area contributed by atoms with Gasteiger partial charge in [0.15, 0.2) is 6.61 Å². The Morgan fingerprint density at radius 1 is 0.538 bits per heavy atom. The molecular weight excluding hydrogens is 438 g/mol. The number of phosphoric acid groups is 1. The quantitative estimate of drug-likeness (QED) is 0.386. The Morgan fingerprint density at radius 3 is 1.04 bits per heavy atom. The molecule has 18 heteroatoms. The summed E-state index contributed by atoms with van der Waals surface area (Å²) in [6.45, 7) is -8.81. The molecule has 0 fully saturated rings. The third-order valence-corrected chi connectivity index (χ3v) is 3.36. The van der Waals surface area contributed by atoms with Gasteiger partial charge < -0.3 is 0 Å². The van der Waals surface area contributed by atoms with Gasteiger partial charge >= 0.3 is 38.2 Å². The molecule has 0 spiro atoms. The van der Waals surface area contributed by atoms with Gasteiger partial charge in [0.1, 0.15) is 13.2 Å². The van der Waals surface area contributed by atoms with E-state index >= 15 is 0 Å². The fourth-order valence-electron chi connectivity index (χ4n) is 0.748. The molecule has 0 amide bonds.